The summed E-state index contributed by atoms with van der Waals surface area (Å²) in [6.45, 7) is 0.426. The number of ether oxygens (including phenoxy) is 1. The molecule has 0 amide bonds. The van der Waals surface area contributed by atoms with Gasteiger partial charge in [0.05, 0.1) is 17.4 Å². The first-order chi connectivity index (χ1) is 6.13. The van der Waals surface area contributed by atoms with E-state index in [0.29, 0.717) is 10.9 Å². The Morgan fingerprint density at radius 1 is 1.77 bits per heavy atom. The van der Waals surface area contributed by atoms with Gasteiger partial charge < -0.3 is 9.84 Å². The molecule has 0 atom stereocenters. The maximum absolute atomic E-state index is 10.4. The van der Waals surface area contributed by atoms with E-state index >= 15 is 0 Å². The quantitative estimate of drug-likeness (QED) is 0.846. The van der Waals surface area contributed by atoms with E-state index in [2.05, 4.69) is 0 Å². The zero-order valence-corrected chi connectivity index (χ0v) is 8.61. The van der Waals surface area contributed by atoms with Gasteiger partial charge in [0.15, 0.2) is 0 Å². The second-order valence-electron chi connectivity index (χ2n) is 2.52. The van der Waals surface area contributed by atoms with Crippen molar-refractivity contribution in [3.8, 4) is 0 Å². The highest BCUT2D eigenvalue weighted by Crippen LogP contribution is 2.28. The van der Waals surface area contributed by atoms with Crippen LogP contribution in [0.2, 0.25) is 4.34 Å². The third kappa shape index (κ3) is 2.99. The maximum Gasteiger partial charge on any atom is 0.308 e. The Hall–Kier alpha value is -0.580. The molecule has 13 heavy (non-hydrogen) atoms. The minimum atomic E-state index is -0.845. The molecule has 1 aromatic heterocycles. The summed E-state index contributed by atoms with van der Waals surface area (Å²) in [7, 11) is 1.57. The second-order valence-corrected chi connectivity index (χ2v) is 4.25. The van der Waals surface area contributed by atoms with Crippen molar-refractivity contribution >= 4 is 28.9 Å². The predicted octanol–water partition coefficient (Wildman–Crippen LogP) is 2.17. The van der Waals surface area contributed by atoms with Crippen LogP contribution in [0.1, 0.15) is 10.4 Å². The summed E-state index contributed by atoms with van der Waals surface area (Å²) in [6.07, 6.45) is 0.0219. The molecule has 1 rings (SSSR count). The number of carboxylic acids is 1. The van der Waals surface area contributed by atoms with E-state index in [4.69, 9.17) is 21.4 Å². The standard InChI is InChI=1S/C8H9ClO3S/c1-12-4-5-2-6(3-7(10)11)13-8(5)9/h2H,3-4H2,1H3,(H,10,11). The Morgan fingerprint density at radius 3 is 3.00 bits per heavy atom. The molecule has 0 aliphatic carbocycles. The van der Waals surface area contributed by atoms with Crippen molar-refractivity contribution in [2.45, 2.75) is 13.0 Å². The minimum Gasteiger partial charge on any atom is -0.481 e. The zero-order valence-electron chi connectivity index (χ0n) is 7.04. The Morgan fingerprint density at radius 2 is 2.46 bits per heavy atom. The highest BCUT2D eigenvalue weighted by molar-refractivity contribution is 7.16. The summed E-state index contributed by atoms with van der Waals surface area (Å²) < 4.78 is 5.51. The number of methoxy groups -OCH3 is 1. The van der Waals surface area contributed by atoms with E-state index in [0.717, 1.165) is 10.4 Å². The fourth-order valence-corrected chi connectivity index (χ4v) is 2.23. The van der Waals surface area contributed by atoms with E-state index in [1.54, 1.807) is 13.2 Å². The van der Waals surface area contributed by atoms with Gasteiger partial charge in [-0.2, -0.15) is 0 Å². The number of hydrogen-bond donors (Lipinski definition) is 1. The van der Waals surface area contributed by atoms with E-state index in [-0.39, 0.29) is 6.42 Å². The lowest BCUT2D eigenvalue weighted by molar-refractivity contribution is -0.136. The van der Waals surface area contributed by atoms with Gasteiger partial charge in [-0.25, -0.2) is 0 Å². The monoisotopic (exact) mass is 220 g/mol. The lowest BCUT2D eigenvalue weighted by Crippen LogP contribution is -1.97. The highest BCUT2D eigenvalue weighted by atomic mass is 35.5. The summed E-state index contributed by atoms with van der Waals surface area (Å²) in [5.74, 6) is -0.845. The zero-order chi connectivity index (χ0) is 9.84. The normalized spacial score (nSPS) is 10.3. The summed E-state index contributed by atoms with van der Waals surface area (Å²) in [6, 6.07) is 1.77. The van der Waals surface area contributed by atoms with Gasteiger partial charge in [0, 0.05) is 17.6 Å². The molecule has 0 bridgehead atoms. The molecule has 3 nitrogen and oxygen atoms in total. The number of thiophene rings is 1. The largest absolute Gasteiger partial charge is 0.481 e. The van der Waals surface area contributed by atoms with E-state index in [1.807, 2.05) is 0 Å². The molecule has 1 N–H and O–H groups in total. The number of aliphatic carboxylic acids is 1. The average Bonchev–Trinajstić information content (AvgIpc) is 2.31. The Balaban J connectivity index is 2.76. The van der Waals surface area contributed by atoms with Crippen LogP contribution in [0, 0.1) is 0 Å². The predicted molar refractivity (Wildman–Crippen MR) is 51.4 cm³/mol. The van der Waals surface area contributed by atoms with Crippen LogP contribution in [0.25, 0.3) is 0 Å². The maximum atomic E-state index is 10.4. The number of rotatable bonds is 4. The van der Waals surface area contributed by atoms with Crippen LogP contribution in [0.3, 0.4) is 0 Å². The van der Waals surface area contributed by atoms with Gasteiger partial charge in [0.25, 0.3) is 0 Å². The van der Waals surface area contributed by atoms with Gasteiger partial charge in [-0.3, -0.25) is 4.79 Å². The van der Waals surface area contributed by atoms with Gasteiger partial charge in [0.1, 0.15) is 0 Å². The van der Waals surface area contributed by atoms with Crippen LogP contribution in [0.4, 0.5) is 0 Å². The SMILES string of the molecule is COCc1cc(CC(=O)O)sc1Cl. The molecule has 0 spiro atoms. The minimum absolute atomic E-state index is 0.0219. The van der Waals surface area contributed by atoms with Crippen molar-refractivity contribution in [2.75, 3.05) is 7.11 Å². The highest BCUT2D eigenvalue weighted by Gasteiger charge is 2.09. The lowest BCUT2D eigenvalue weighted by atomic mass is 10.3. The first kappa shape index (κ1) is 10.5. The summed E-state index contributed by atoms with van der Waals surface area (Å²) in [5.41, 5.74) is 0.852. The fraction of sp³-hybridized carbons (Fsp3) is 0.375. The fourth-order valence-electron chi connectivity index (χ4n) is 0.951. The summed E-state index contributed by atoms with van der Waals surface area (Å²) in [4.78, 5) is 11.1. The van der Waals surface area contributed by atoms with Gasteiger partial charge >= 0.3 is 5.97 Å². The van der Waals surface area contributed by atoms with Crippen molar-refractivity contribution in [3.05, 3.63) is 20.8 Å². The molecule has 0 saturated carbocycles. The molecule has 5 heteroatoms. The molecule has 1 aromatic rings. The van der Waals surface area contributed by atoms with E-state index in [9.17, 15) is 4.79 Å². The van der Waals surface area contributed by atoms with Gasteiger partial charge in [-0.05, 0) is 6.07 Å². The number of halogens is 1. The Labute approximate surface area is 84.9 Å². The van der Waals surface area contributed by atoms with Gasteiger partial charge in [-0.15, -0.1) is 11.3 Å². The van der Waals surface area contributed by atoms with E-state index in [1.165, 1.54) is 11.3 Å². The molecule has 72 valence electrons. The molecule has 1 heterocycles. The molecule has 0 saturated heterocycles. The molecular formula is C8H9ClO3S. The third-order valence-electron chi connectivity index (χ3n) is 1.43. The summed E-state index contributed by atoms with van der Waals surface area (Å²) >= 11 is 7.14. The Kier molecular flexibility index (Phi) is 3.71. The number of hydrogen-bond acceptors (Lipinski definition) is 3. The molecule has 0 aliphatic heterocycles. The van der Waals surface area contributed by atoms with Crippen molar-refractivity contribution in [3.63, 3.8) is 0 Å². The van der Waals surface area contributed by atoms with Gasteiger partial charge in [-0.1, -0.05) is 11.6 Å². The van der Waals surface area contributed by atoms with E-state index < -0.39 is 5.97 Å². The van der Waals surface area contributed by atoms with Crippen LogP contribution < -0.4 is 0 Å². The van der Waals surface area contributed by atoms with Crippen LogP contribution in [-0.2, 0) is 22.6 Å². The first-order valence-electron chi connectivity index (χ1n) is 3.61. The van der Waals surface area contributed by atoms with Crippen molar-refractivity contribution in [2.24, 2.45) is 0 Å². The third-order valence-corrected chi connectivity index (χ3v) is 2.87. The molecule has 0 aromatic carbocycles. The first-order valence-corrected chi connectivity index (χ1v) is 4.80. The van der Waals surface area contributed by atoms with Crippen LogP contribution >= 0.6 is 22.9 Å². The van der Waals surface area contributed by atoms with Gasteiger partial charge in [0.2, 0.25) is 0 Å². The topological polar surface area (TPSA) is 46.5 Å². The van der Waals surface area contributed by atoms with Crippen LogP contribution in [-0.4, -0.2) is 18.2 Å². The number of carboxylic acid groups (broad SMARTS) is 1. The smallest absolute Gasteiger partial charge is 0.308 e. The molecule has 0 aliphatic rings. The second kappa shape index (κ2) is 4.60. The van der Waals surface area contributed by atoms with Crippen LogP contribution in [0.5, 0.6) is 0 Å². The number of carbonyl (C=O) groups is 1. The van der Waals surface area contributed by atoms with Crippen molar-refractivity contribution in [1.29, 1.82) is 0 Å². The van der Waals surface area contributed by atoms with Crippen LogP contribution in [0.15, 0.2) is 6.07 Å². The molecule has 0 radical (unpaired) electrons. The van der Waals surface area contributed by atoms with Crippen molar-refractivity contribution in [1.82, 2.24) is 0 Å². The lowest BCUT2D eigenvalue weighted by Gasteiger charge is -1.93. The molecular weight excluding hydrogens is 212 g/mol. The molecule has 0 fully saturated rings. The Bertz CT molecular complexity index is 308. The average molecular weight is 221 g/mol. The summed E-state index contributed by atoms with van der Waals surface area (Å²) in [5, 5.41) is 8.53. The van der Waals surface area contributed by atoms with Crippen molar-refractivity contribution < 1.29 is 14.6 Å². The molecule has 0 unspecified atom stereocenters.